The Kier molecular flexibility index (Phi) is 5.08. The van der Waals surface area contributed by atoms with Crippen LogP contribution in [0.25, 0.3) is 0 Å². The van der Waals surface area contributed by atoms with Crippen LogP contribution in [0.1, 0.15) is 33.2 Å². The molecule has 0 bridgehead atoms. The molecular formula is C16H16N2O4. The number of benzene rings is 1. The molecule has 0 unspecified atom stereocenters. The van der Waals surface area contributed by atoms with E-state index in [0.717, 1.165) is 5.56 Å². The van der Waals surface area contributed by atoms with E-state index in [-0.39, 0.29) is 11.1 Å². The molecule has 0 saturated heterocycles. The summed E-state index contributed by atoms with van der Waals surface area (Å²) in [4.78, 5) is 27.3. The van der Waals surface area contributed by atoms with Crippen molar-refractivity contribution in [3.05, 3.63) is 59.4 Å². The fourth-order valence-corrected chi connectivity index (χ4v) is 1.90. The molecule has 2 aromatic rings. The van der Waals surface area contributed by atoms with Crippen LogP contribution in [0.2, 0.25) is 0 Å². The van der Waals surface area contributed by atoms with Crippen molar-refractivity contribution in [2.24, 2.45) is 0 Å². The molecule has 114 valence electrons. The van der Waals surface area contributed by atoms with Gasteiger partial charge in [0.2, 0.25) is 0 Å². The van der Waals surface area contributed by atoms with Crippen molar-refractivity contribution in [1.82, 2.24) is 10.3 Å². The van der Waals surface area contributed by atoms with Gasteiger partial charge in [0, 0.05) is 18.9 Å². The zero-order chi connectivity index (χ0) is 15.9. The number of amides is 1. The molecule has 0 radical (unpaired) electrons. The number of aromatic nitrogens is 1. The van der Waals surface area contributed by atoms with Gasteiger partial charge in [0.15, 0.2) is 0 Å². The topological polar surface area (TPSA) is 88.5 Å². The van der Waals surface area contributed by atoms with Gasteiger partial charge in [0.05, 0.1) is 17.7 Å². The van der Waals surface area contributed by atoms with Crippen LogP contribution in [0.4, 0.5) is 0 Å². The first-order valence-corrected chi connectivity index (χ1v) is 6.79. The molecule has 6 heteroatoms. The van der Waals surface area contributed by atoms with Gasteiger partial charge in [-0.15, -0.1) is 0 Å². The summed E-state index contributed by atoms with van der Waals surface area (Å²) in [6.07, 6.45) is 3.30. The summed E-state index contributed by atoms with van der Waals surface area (Å²) in [5, 5.41) is 11.8. The number of pyridine rings is 1. The van der Waals surface area contributed by atoms with Crippen molar-refractivity contribution in [2.75, 3.05) is 6.61 Å². The highest BCUT2D eigenvalue weighted by atomic mass is 16.5. The molecule has 0 atom stereocenters. The highest BCUT2D eigenvalue weighted by molar-refractivity contribution is 5.99. The number of carbonyl (C=O) groups excluding carboxylic acids is 1. The number of carboxylic acids is 1. The van der Waals surface area contributed by atoms with Crippen molar-refractivity contribution in [2.45, 2.75) is 13.5 Å². The van der Waals surface area contributed by atoms with Crippen LogP contribution in [-0.2, 0) is 6.54 Å². The number of nitrogens with one attached hydrogen (secondary N) is 1. The monoisotopic (exact) mass is 300 g/mol. The lowest BCUT2D eigenvalue weighted by Gasteiger charge is -2.11. The van der Waals surface area contributed by atoms with Crippen LogP contribution in [0.15, 0.2) is 42.7 Å². The molecule has 22 heavy (non-hydrogen) atoms. The Morgan fingerprint density at radius 3 is 2.77 bits per heavy atom. The van der Waals surface area contributed by atoms with Crippen molar-refractivity contribution >= 4 is 11.9 Å². The zero-order valence-corrected chi connectivity index (χ0v) is 12.1. The summed E-state index contributed by atoms with van der Waals surface area (Å²) in [5.74, 6) is -1.13. The first kappa shape index (κ1) is 15.5. The molecule has 0 spiro atoms. The summed E-state index contributed by atoms with van der Waals surface area (Å²) in [7, 11) is 0. The van der Waals surface area contributed by atoms with Crippen molar-refractivity contribution in [3.63, 3.8) is 0 Å². The van der Waals surface area contributed by atoms with Gasteiger partial charge in [-0.2, -0.15) is 0 Å². The van der Waals surface area contributed by atoms with Gasteiger partial charge in [-0.1, -0.05) is 6.07 Å². The van der Waals surface area contributed by atoms with Crippen molar-refractivity contribution in [1.29, 1.82) is 0 Å². The molecule has 0 aliphatic rings. The van der Waals surface area contributed by atoms with Crippen LogP contribution >= 0.6 is 0 Å². The standard InChI is InChI=1S/C16H16N2O4/c1-2-22-14-6-5-12(16(20)21)8-13(14)15(19)18-10-11-4-3-7-17-9-11/h3-9H,2,10H2,1H3,(H,18,19)(H,20,21). The molecule has 0 saturated carbocycles. The Morgan fingerprint density at radius 1 is 1.32 bits per heavy atom. The number of rotatable bonds is 6. The molecule has 0 aliphatic heterocycles. The highest BCUT2D eigenvalue weighted by Crippen LogP contribution is 2.20. The minimum absolute atomic E-state index is 0.0370. The molecular weight excluding hydrogens is 284 g/mol. The van der Waals surface area contributed by atoms with E-state index >= 15 is 0 Å². The van der Waals surface area contributed by atoms with Crippen LogP contribution in [0.5, 0.6) is 5.75 Å². The maximum Gasteiger partial charge on any atom is 0.335 e. The van der Waals surface area contributed by atoms with E-state index < -0.39 is 11.9 Å². The number of aromatic carboxylic acids is 1. The predicted molar refractivity (Wildman–Crippen MR) is 80.0 cm³/mol. The largest absolute Gasteiger partial charge is 0.493 e. The van der Waals surface area contributed by atoms with Crippen LogP contribution in [0.3, 0.4) is 0 Å². The van der Waals surface area contributed by atoms with Gasteiger partial charge < -0.3 is 15.2 Å². The molecule has 0 fully saturated rings. The van der Waals surface area contributed by atoms with Gasteiger partial charge in [-0.25, -0.2) is 4.79 Å². The number of carboxylic acid groups (broad SMARTS) is 1. The zero-order valence-electron chi connectivity index (χ0n) is 12.1. The third-order valence-electron chi connectivity index (χ3n) is 2.95. The van der Waals surface area contributed by atoms with E-state index in [9.17, 15) is 9.59 Å². The maximum absolute atomic E-state index is 12.3. The second kappa shape index (κ2) is 7.21. The third kappa shape index (κ3) is 3.82. The van der Waals surface area contributed by atoms with Crippen LogP contribution < -0.4 is 10.1 Å². The number of hydrogen-bond acceptors (Lipinski definition) is 4. The Bertz CT molecular complexity index is 671. The first-order chi connectivity index (χ1) is 10.6. The minimum atomic E-state index is -1.09. The smallest absolute Gasteiger partial charge is 0.335 e. The highest BCUT2D eigenvalue weighted by Gasteiger charge is 2.15. The quantitative estimate of drug-likeness (QED) is 0.853. The van der Waals surface area contributed by atoms with Gasteiger partial charge in [0.1, 0.15) is 5.75 Å². The van der Waals surface area contributed by atoms with Crippen molar-refractivity contribution < 1.29 is 19.4 Å². The second-order valence-corrected chi connectivity index (χ2v) is 4.49. The SMILES string of the molecule is CCOc1ccc(C(=O)O)cc1C(=O)NCc1cccnc1. The number of carbonyl (C=O) groups is 2. The van der Waals surface area contributed by atoms with E-state index in [1.54, 1.807) is 25.4 Å². The fraction of sp³-hybridized carbons (Fsp3) is 0.188. The summed E-state index contributed by atoms with van der Waals surface area (Å²) < 4.78 is 5.38. The third-order valence-corrected chi connectivity index (χ3v) is 2.95. The summed E-state index contributed by atoms with van der Waals surface area (Å²) in [5.41, 5.74) is 1.09. The lowest BCUT2D eigenvalue weighted by Crippen LogP contribution is -2.24. The molecule has 2 N–H and O–H groups in total. The molecule has 0 aliphatic carbocycles. The predicted octanol–water partition coefficient (Wildman–Crippen LogP) is 2.11. The van der Waals surface area contributed by atoms with E-state index in [1.807, 2.05) is 6.07 Å². The molecule has 1 amide bonds. The van der Waals surface area contributed by atoms with E-state index in [0.29, 0.717) is 18.9 Å². The average Bonchev–Trinajstić information content (AvgIpc) is 2.54. The number of nitrogens with zero attached hydrogens (tertiary/aromatic N) is 1. The fourth-order valence-electron chi connectivity index (χ4n) is 1.90. The molecule has 2 rings (SSSR count). The Hall–Kier alpha value is -2.89. The van der Waals surface area contributed by atoms with E-state index in [2.05, 4.69) is 10.3 Å². The summed E-state index contributed by atoms with van der Waals surface area (Å²) >= 11 is 0. The Labute approximate surface area is 127 Å². The number of hydrogen-bond donors (Lipinski definition) is 2. The van der Waals surface area contributed by atoms with E-state index in [1.165, 1.54) is 18.2 Å². The average molecular weight is 300 g/mol. The van der Waals surface area contributed by atoms with Gasteiger partial charge in [-0.05, 0) is 36.8 Å². The Balaban J connectivity index is 2.19. The lowest BCUT2D eigenvalue weighted by atomic mass is 10.1. The van der Waals surface area contributed by atoms with Crippen molar-refractivity contribution in [3.8, 4) is 5.75 Å². The number of ether oxygens (including phenoxy) is 1. The van der Waals surface area contributed by atoms with Crippen LogP contribution in [0, 0.1) is 0 Å². The van der Waals surface area contributed by atoms with Gasteiger partial charge in [0.25, 0.3) is 5.91 Å². The summed E-state index contributed by atoms with van der Waals surface area (Å²) in [6.45, 7) is 2.48. The molecule has 1 aromatic heterocycles. The second-order valence-electron chi connectivity index (χ2n) is 4.49. The molecule has 1 heterocycles. The van der Waals surface area contributed by atoms with Gasteiger partial charge >= 0.3 is 5.97 Å². The lowest BCUT2D eigenvalue weighted by molar-refractivity contribution is 0.0697. The summed E-state index contributed by atoms with van der Waals surface area (Å²) in [6, 6.07) is 7.83. The molecule has 1 aromatic carbocycles. The minimum Gasteiger partial charge on any atom is -0.493 e. The maximum atomic E-state index is 12.3. The van der Waals surface area contributed by atoms with Gasteiger partial charge in [-0.3, -0.25) is 9.78 Å². The molecule has 6 nitrogen and oxygen atoms in total. The Morgan fingerprint density at radius 2 is 2.14 bits per heavy atom. The first-order valence-electron chi connectivity index (χ1n) is 6.79. The van der Waals surface area contributed by atoms with Crippen LogP contribution in [-0.4, -0.2) is 28.6 Å². The van der Waals surface area contributed by atoms with E-state index in [4.69, 9.17) is 9.84 Å². The normalized spacial score (nSPS) is 10.0.